The molecule has 114 valence electrons. The summed E-state index contributed by atoms with van der Waals surface area (Å²) in [6.07, 6.45) is 0.891. The van der Waals surface area contributed by atoms with Crippen LogP contribution in [0.5, 0.6) is 0 Å². The second-order valence-electron chi connectivity index (χ2n) is 5.24. The first-order valence-corrected chi connectivity index (χ1v) is 8.09. The van der Waals surface area contributed by atoms with Crippen LogP contribution in [0.1, 0.15) is 39.2 Å². The van der Waals surface area contributed by atoms with Gasteiger partial charge in [-0.1, -0.05) is 36.0 Å². The first-order valence-electron chi connectivity index (χ1n) is 7.27. The Hall–Kier alpha value is -2.21. The minimum Gasteiger partial charge on any atom is -0.346 e. The summed E-state index contributed by atoms with van der Waals surface area (Å²) in [7, 11) is 0. The Labute approximate surface area is 133 Å². The summed E-state index contributed by atoms with van der Waals surface area (Å²) in [6, 6.07) is 7.56. The fourth-order valence-electron chi connectivity index (χ4n) is 2.33. The number of imidazole rings is 1. The number of amides is 1. The van der Waals surface area contributed by atoms with Gasteiger partial charge in [-0.15, -0.1) is 0 Å². The minimum atomic E-state index is -0.0796. The Morgan fingerprint density at radius 3 is 2.91 bits per heavy atom. The molecule has 0 bridgehead atoms. The molecule has 22 heavy (non-hydrogen) atoms. The molecule has 6 heteroatoms. The molecule has 3 rings (SSSR count). The van der Waals surface area contributed by atoms with E-state index in [-0.39, 0.29) is 5.91 Å². The van der Waals surface area contributed by atoms with Crippen LogP contribution in [0.2, 0.25) is 0 Å². The van der Waals surface area contributed by atoms with Gasteiger partial charge in [0.2, 0.25) is 4.96 Å². The molecule has 2 aromatic heterocycles. The molecule has 0 radical (unpaired) electrons. The molecule has 1 aromatic carbocycles. The van der Waals surface area contributed by atoms with Crippen LogP contribution in [-0.4, -0.2) is 20.5 Å². The van der Waals surface area contributed by atoms with Gasteiger partial charge in [0.15, 0.2) is 0 Å². The Morgan fingerprint density at radius 2 is 2.18 bits per heavy atom. The van der Waals surface area contributed by atoms with Gasteiger partial charge < -0.3 is 5.32 Å². The van der Waals surface area contributed by atoms with Crippen molar-refractivity contribution in [3.8, 4) is 0 Å². The van der Waals surface area contributed by atoms with Crippen molar-refractivity contribution in [1.29, 1.82) is 0 Å². The number of benzene rings is 1. The van der Waals surface area contributed by atoms with Crippen LogP contribution in [0.25, 0.3) is 4.96 Å². The van der Waals surface area contributed by atoms with Gasteiger partial charge in [0.05, 0.1) is 17.9 Å². The van der Waals surface area contributed by atoms with E-state index in [1.807, 2.05) is 42.6 Å². The third-order valence-corrected chi connectivity index (χ3v) is 4.59. The Balaban J connectivity index is 1.80. The Bertz CT molecular complexity index is 834. The lowest BCUT2D eigenvalue weighted by Crippen LogP contribution is -2.24. The lowest BCUT2D eigenvalue weighted by Gasteiger charge is -2.06. The molecule has 0 aliphatic rings. The van der Waals surface area contributed by atoms with E-state index in [9.17, 15) is 4.79 Å². The predicted molar refractivity (Wildman–Crippen MR) is 87.3 cm³/mol. The highest BCUT2D eigenvalue weighted by molar-refractivity contribution is 7.16. The summed E-state index contributed by atoms with van der Waals surface area (Å²) in [6.45, 7) is 6.42. The molecule has 5 nitrogen and oxygen atoms in total. The summed E-state index contributed by atoms with van der Waals surface area (Å²) in [5.74, 6) is -0.0796. The highest BCUT2D eigenvalue weighted by Crippen LogP contribution is 2.19. The predicted octanol–water partition coefficient (Wildman–Crippen LogP) is 2.90. The van der Waals surface area contributed by atoms with Crippen molar-refractivity contribution >= 4 is 22.2 Å². The molecule has 0 saturated heterocycles. The molecule has 3 aromatic rings. The van der Waals surface area contributed by atoms with Gasteiger partial charge >= 0.3 is 0 Å². The van der Waals surface area contributed by atoms with E-state index in [0.717, 1.165) is 33.3 Å². The van der Waals surface area contributed by atoms with Gasteiger partial charge in [-0.3, -0.25) is 4.79 Å². The molecule has 0 aliphatic heterocycles. The number of aromatic nitrogens is 3. The van der Waals surface area contributed by atoms with Gasteiger partial charge in [0.1, 0.15) is 5.01 Å². The molecule has 0 saturated carbocycles. The van der Waals surface area contributed by atoms with Crippen LogP contribution in [0.4, 0.5) is 0 Å². The number of hydrogen-bond acceptors (Lipinski definition) is 4. The van der Waals surface area contributed by atoms with Gasteiger partial charge in [-0.2, -0.15) is 5.10 Å². The van der Waals surface area contributed by atoms with Crippen LogP contribution in [0.3, 0.4) is 0 Å². The zero-order valence-corrected chi connectivity index (χ0v) is 13.7. The van der Waals surface area contributed by atoms with Crippen LogP contribution < -0.4 is 5.32 Å². The summed E-state index contributed by atoms with van der Waals surface area (Å²) in [5.41, 5.74) is 3.59. The van der Waals surface area contributed by atoms with Crippen molar-refractivity contribution in [2.75, 3.05) is 0 Å². The lowest BCUT2D eigenvalue weighted by molar-refractivity contribution is 0.0950. The highest BCUT2D eigenvalue weighted by Gasteiger charge is 2.14. The third kappa shape index (κ3) is 2.74. The molecule has 1 amide bonds. The molecule has 0 atom stereocenters. The maximum absolute atomic E-state index is 12.2. The minimum absolute atomic E-state index is 0.0796. The molecule has 0 unspecified atom stereocenters. The van der Waals surface area contributed by atoms with E-state index in [1.165, 1.54) is 0 Å². The first kappa shape index (κ1) is 14.7. The van der Waals surface area contributed by atoms with Crippen LogP contribution in [0.15, 0.2) is 24.3 Å². The Kier molecular flexibility index (Phi) is 3.94. The third-order valence-electron chi connectivity index (χ3n) is 3.54. The smallest absolute Gasteiger partial charge is 0.251 e. The SMILES string of the molecule is CCc1nn2c(CNC(=O)c3cccc(C)c3)c(C)nc2s1. The highest BCUT2D eigenvalue weighted by atomic mass is 32.1. The average Bonchev–Trinajstić information content (AvgIpc) is 3.01. The molecular formula is C16H18N4OS. The normalized spacial score (nSPS) is 11.0. The van der Waals surface area contributed by atoms with Crippen LogP contribution >= 0.6 is 11.3 Å². The summed E-state index contributed by atoms with van der Waals surface area (Å²) >= 11 is 1.59. The van der Waals surface area contributed by atoms with Crippen molar-refractivity contribution in [3.63, 3.8) is 0 Å². The summed E-state index contributed by atoms with van der Waals surface area (Å²) in [5, 5.41) is 8.54. The van der Waals surface area contributed by atoms with Crippen molar-refractivity contribution in [2.45, 2.75) is 33.7 Å². The quantitative estimate of drug-likeness (QED) is 0.805. The fraction of sp³-hybridized carbons (Fsp3) is 0.312. The number of aryl methyl sites for hydroxylation is 3. The number of nitrogens with zero attached hydrogens (tertiary/aromatic N) is 3. The zero-order chi connectivity index (χ0) is 15.7. The van der Waals surface area contributed by atoms with E-state index in [1.54, 1.807) is 11.3 Å². The van der Waals surface area contributed by atoms with Crippen molar-refractivity contribution < 1.29 is 4.79 Å². The van der Waals surface area contributed by atoms with Gasteiger partial charge in [-0.25, -0.2) is 9.50 Å². The largest absolute Gasteiger partial charge is 0.346 e. The van der Waals surface area contributed by atoms with E-state index in [2.05, 4.69) is 22.3 Å². The van der Waals surface area contributed by atoms with E-state index in [4.69, 9.17) is 0 Å². The molecule has 0 aliphatic carbocycles. The van der Waals surface area contributed by atoms with E-state index in [0.29, 0.717) is 12.1 Å². The number of carbonyl (C=O) groups is 1. The molecule has 1 N–H and O–H groups in total. The second kappa shape index (κ2) is 5.88. The average molecular weight is 314 g/mol. The summed E-state index contributed by atoms with van der Waals surface area (Å²) in [4.78, 5) is 17.6. The fourth-order valence-corrected chi connectivity index (χ4v) is 3.23. The van der Waals surface area contributed by atoms with Crippen molar-refractivity contribution in [2.24, 2.45) is 0 Å². The number of fused-ring (bicyclic) bond motifs is 1. The summed E-state index contributed by atoms with van der Waals surface area (Å²) < 4.78 is 1.84. The molecule has 0 spiro atoms. The van der Waals surface area contributed by atoms with E-state index < -0.39 is 0 Å². The number of carbonyl (C=O) groups excluding carboxylic acids is 1. The van der Waals surface area contributed by atoms with Crippen LogP contribution in [0, 0.1) is 13.8 Å². The van der Waals surface area contributed by atoms with Crippen LogP contribution in [-0.2, 0) is 13.0 Å². The Morgan fingerprint density at radius 1 is 1.36 bits per heavy atom. The topological polar surface area (TPSA) is 59.3 Å². The van der Waals surface area contributed by atoms with Crippen molar-refractivity contribution in [1.82, 2.24) is 19.9 Å². The monoisotopic (exact) mass is 314 g/mol. The molecular weight excluding hydrogens is 296 g/mol. The second-order valence-corrected chi connectivity index (χ2v) is 6.28. The number of rotatable bonds is 4. The maximum Gasteiger partial charge on any atom is 0.251 e. The zero-order valence-electron chi connectivity index (χ0n) is 12.9. The van der Waals surface area contributed by atoms with Gasteiger partial charge in [0.25, 0.3) is 5.91 Å². The van der Waals surface area contributed by atoms with Crippen molar-refractivity contribution in [3.05, 3.63) is 51.8 Å². The van der Waals surface area contributed by atoms with Gasteiger partial charge in [0, 0.05) is 5.56 Å². The number of hydrogen-bond donors (Lipinski definition) is 1. The maximum atomic E-state index is 12.2. The standard InChI is InChI=1S/C16H18N4OS/c1-4-14-19-20-13(11(3)18-16(20)22-14)9-17-15(21)12-7-5-6-10(2)8-12/h5-8H,4,9H2,1-3H3,(H,17,21). The number of nitrogens with one attached hydrogen (secondary N) is 1. The van der Waals surface area contributed by atoms with Gasteiger partial charge in [-0.05, 0) is 32.4 Å². The first-order chi connectivity index (χ1) is 10.6. The van der Waals surface area contributed by atoms with E-state index >= 15 is 0 Å². The lowest BCUT2D eigenvalue weighted by atomic mass is 10.1. The molecule has 2 heterocycles. The molecule has 0 fully saturated rings.